The SMILES string of the molecule is CC/C=C\C/C=C\C/C=C\C/C=C\C/C=C\C/C=C\C/C=C\C/C=C\C/C=C\C/C=C\CCCCC(=O)OC(COC(=O)CCCCCCCCCCC/C=C\C/C=C\C/C=C\C/C=C\C/C=C\CC)COP(=O)(O)OCCN. The lowest BCUT2D eigenvalue weighted by Crippen LogP contribution is -2.29. The van der Waals surface area contributed by atoms with Crippen LogP contribution in [0.1, 0.15) is 206 Å². The number of unbranched alkanes of at least 4 members (excludes halogenated alkanes) is 11. The minimum Gasteiger partial charge on any atom is -0.462 e. The second-order valence-corrected chi connectivity index (χ2v) is 20.6. The Morgan fingerprint density at radius 2 is 0.658 bits per heavy atom. The maximum absolute atomic E-state index is 12.7. The molecule has 0 rings (SSSR count). The minimum absolute atomic E-state index is 0.0344. The van der Waals surface area contributed by atoms with Crippen LogP contribution in [0.15, 0.2) is 182 Å². The van der Waals surface area contributed by atoms with Crippen LogP contribution in [-0.4, -0.2) is 49.3 Å². The molecule has 0 heterocycles. The maximum Gasteiger partial charge on any atom is 0.472 e. The van der Waals surface area contributed by atoms with Gasteiger partial charge in [0, 0.05) is 19.4 Å². The molecule has 9 nitrogen and oxygen atoms in total. The van der Waals surface area contributed by atoms with Crippen molar-refractivity contribution in [2.75, 3.05) is 26.4 Å². The Labute approximate surface area is 482 Å². The molecule has 0 saturated heterocycles. The van der Waals surface area contributed by atoms with Crippen LogP contribution in [0.4, 0.5) is 0 Å². The fourth-order valence-corrected chi connectivity index (χ4v) is 8.16. The molecule has 79 heavy (non-hydrogen) atoms. The average molecular weight is 1110 g/mol. The molecule has 0 aliphatic rings. The Morgan fingerprint density at radius 3 is 1.00 bits per heavy atom. The van der Waals surface area contributed by atoms with Gasteiger partial charge in [-0.15, -0.1) is 0 Å². The number of esters is 2. The van der Waals surface area contributed by atoms with Crippen molar-refractivity contribution in [2.45, 2.75) is 213 Å². The van der Waals surface area contributed by atoms with Crippen molar-refractivity contribution in [1.82, 2.24) is 0 Å². The predicted molar refractivity (Wildman–Crippen MR) is 339 cm³/mol. The molecular formula is C69H108NO8P. The van der Waals surface area contributed by atoms with Gasteiger partial charge in [0.2, 0.25) is 0 Å². The highest BCUT2D eigenvalue weighted by Gasteiger charge is 2.26. The summed E-state index contributed by atoms with van der Waals surface area (Å²) in [6.45, 7) is 3.43. The van der Waals surface area contributed by atoms with Gasteiger partial charge in [-0.05, 0) is 135 Å². The zero-order chi connectivity index (χ0) is 57.3. The molecule has 0 radical (unpaired) electrons. The summed E-state index contributed by atoms with van der Waals surface area (Å²) in [7, 11) is -4.42. The zero-order valence-corrected chi connectivity index (χ0v) is 50.2. The molecule has 2 atom stereocenters. The van der Waals surface area contributed by atoms with E-state index >= 15 is 0 Å². The number of allylic oxidation sites excluding steroid dienone is 30. The molecule has 0 aromatic rings. The number of carbonyl (C=O) groups is 2. The minimum atomic E-state index is -4.42. The average Bonchev–Trinajstić information content (AvgIpc) is 3.44. The van der Waals surface area contributed by atoms with Crippen molar-refractivity contribution in [2.24, 2.45) is 5.73 Å². The van der Waals surface area contributed by atoms with Crippen LogP contribution < -0.4 is 5.73 Å². The van der Waals surface area contributed by atoms with Crippen LogP contribution in [0.3, 0.4) is 0 Å². The number of carbonyl (C=O) groups excluding carboxylic acids is 2. The van der Waals surface area contributed by atoms with E-state index in [0.29, 0.717) is 12.8 Å². The van der Waals surface area contributed by atoms with Gasteiger partial charge in [0.25, 0.3) is 0 Å². The lowest BCUT2D eigenvalue weighted by atomic mass is 10.1. The van der Waals surface area contributed by atoms with Crippen molar-refractivity contribution in [3.8, 4) is 0 Å². The van der Waals surface area contributed by atoms with Crippen LogP contribution in [-0.2, 0) is 32.7 Å². The summed E-state index contributed by atoms with van der Waals surface area (Å²) in [5.41, 5.74) is 5.38. The first kappa shape index (κ1) is 74.1. The van der Waals surface area contributed by atoms with Gasteiger partial charge in [-0.1, -0.05) is 241 Å². The van der Waals surface area contributed by atoms with E-state index in [4.69, 9.17) is 24.3 Å². The van der Waals surface area contributed by atoms with Crippen molar-refractivity contribution < 1.29 is 37.6 Å². The van der Waals surface area contributed by atoms with Gasteiger partial charge < -0.3 is 20.1 Å². The number of nitrogens with two attached hydrogens (primary N) is 1. The quantitative estimate of drug-likeness (QED) is 0.0264. The van der Waals surface area contributed by atoms with Crippen LogP contribution in [0.2, 0.25) is 0 Å². The molecule has 10 heteroatoms. The largest absolute Gasteiger partial charge is 0.472 e. The first-order valence-corrected chi connectivity index (χ1v) is 31.8. The number of ether oxygens (including phenoxy) is 2. The molecule has 0 saturated carbocycles. The van der Waals surface area contributed by atoms with Crippen LogP contribution >= 0.6 is 7.82 Å². The van der Waals surface area contributed by atoms with Gasteiger partial charge in [0.15, 0.2) is 6.10 Å². The summed E-state index contributed by atoms with van der Waals surface area (Å²) < 4.78 is 33.0. The number of hydrogen-bond acceptors (Lipinski definition) is 8. The van der Waals surface area contributed by atoms with Gasteiger partial charge in [-0.2, -0.15) is 0 Å². The summed E-state index contributed by atoms with van der Waals surface area (Å²) in [6.07, 6.45) is 93.8. The Morgan fingerprint density at radius 1 is 0.380 bits per heavy atom. The second-order valence-electron chi connectivity index (χ2n) is 19.1. The highest BCUT2D eigenvalue weighted by atomic mass is 31.2. The Bertz CT molecular complexity index is 1940. The molecule has 0 aliphatic heterocycles. The highest BCUT2D eigenvalue weighted by Crippen LogP contribution is 2.43. The molecule has 0 fully saturated rings. The van der Waals surface area contributed by atoms with E-state index < -0.39 is 32.5 Å². The van der Waals surface area contributed by atoms with E-state index in [9.17, 15) is 19.0 Å². The third-order valence-corrected chi connectivity index (χ3v) is 12.8. The molecule has 0 aromatic carbocycles. The molecule has 0 amide bonds. The third kappa shape index (κ3) is 62.2. The second kappa shape index (κ2) is 62.3. The van der Waals surface area contributed by atoms with E-state index in [-0.39, 0.29) is 32.6 Å². The fourth-order valence-electron chi connectivity index (χ4n) is 7.39. The molecule has 442 valence electrons. The van der Waals surface area contributed by atoms with Gasteiger partial charge in [0.1, 0.15) is 6.61 Å². The van der Waals surface area contributed by atoms with E-state index in [0.717, 1.165) is 135 Å². The van der Waals surface area contributed by atoms with Gasteiger partial charge >= 0.3 is 19.8 Å². The predicted octanol–water partition coefficient (Wildman–Crippen LogP) is 19.6. The Hall–Kier alpha value is -4.89. The smallest absolute Gasteiger partial charge is 0.462 e. The monoisotopic (exact) mass is 1110 g/mol. The van der Waals surface area contributed by atoms with Gasteiger partial charge in [0.05, 0.1) is 13.2 Å². The summed E-state index contributed by atoms with van der Waals surface area (Å²) in [5, 5.41) is 0. The highest BCUT2D eigenvalue weighted by molar-refractivity contribution is 7.47. The van der Waals surface area contributed by atoms with Crippen molar-refractivity contribution in [3.63, 3.8) is 0 Å². The van der Waals surface area contributed by atoms with E-state index in [1.54, 1.807) is 0 Å². The standard InChI is InChI=1S/C69H108NO8P/c1-3-5-7-9-11-13-15-17-19-21-23-25-27-29-30-31-32-33-34-35-36-38-40-42-44-46-48-50-52-54-56-58-60-62-69(72)78-67(66-77-79(73,74)76-64-63-70)65-75-68(71)61-59-57-55-53-51-49-47-45-43-41-39-37-28-26-24-22-20-18-16-14-12-10-8-6-4-2/h5-8,11-14,17-20,23-26,29-30,32-33,35-37,39-40,42,46,48,52,54,67H,3-4,9-10,15-16,21-22,27-28,31,34,38,41,43-45,47,49-51,53,55-66,70H2,1-2H3,(H,73,74)/b7-5-,8-6-,13-11-,14-12-,19-17-,20-18-,25-23-,26-24-,30-29-,33-32-,36-35-,39-37-,42-40-,48-46-,54-52-. The molecule has 0 aliphatic carbocycles. The zero-order valence-electron chi connectivity index (χ0n) is 49.3. The molecular weight excluding hydrogens is 1000 g/mol. The lowest BCUT2D eigenvalue weighted by molar-refractivity contribution is -0.161. The Kier molecular flexibility index (Phi) is 58.5. The summed E-state index contributed by atoms with van der Waals surface area (Å²) in [5.74, 6) is -0.902. The number of phosphoric ester groups is 1. The molecule has 0 aromatic heterocycles. The van der Waals surface area contributed by atoms with E-state index in [2.05, 4.69) is 196 Å². The van der Waals surface area contributed by atoms with Crippen LogP contribution in [0.25, 0.3) is 0 Å². The lowest BCUT2D eigenvalue weighted by Gasteiger charge is -2.19. The van der Waals surface area contributed by atoms with Crippen LogP contribution in [0, 0.1) is 0 Å². The van der Waals surface area contributed by atoms with Crippen LogP contribution in [0.5, 0.6) is 0 Å². The Balaban J connectivity index is 4.14. The normalized spacial score (nSPS) is 14.3. The molecule has 0 bridgehead atoms. The molecule has 3 N–H and O–H groups in total. The maximum atomic E-state index is 12.7. The van der Waals surface area contributed by atoms with Gasteiger partial charge in [-0.25, -0.2) is 4.57 Å². The third-order valence-electron chi connectivity index (χ3n) is 11.8. The topological polar surface area (TPSA) is 134 Å². The van der Waals surface area contributed by atoms with Crippen molar-refractivity contribution in [3.05, 3.63) is 182 Å². The summed E-state index contributed by atoms with van der Waals surface area (Å²) in [4.78, 5) is 35.2. The number of hydrogen-bond donors (Lipinski definition) is 2. The molecule has 2 unspecified atom stereocenters. The van der Waals surface area contributed by atoms with E-state index in [1.807, 2.05) is 0 Å². The fraction of sp³-hybridized carbons (Fsp3) is 0.536. The van der Waals surface area contributed by atoms with Crippen molar-refractivity contribution >= 4 is 19.8 Å². The van der Waals surface area contributed by atoms with Gasteiger partial charge in [-0.3, -0.25) is 18.6 Å². The van der Waals surface area contributed by atoms with Crippen molar-refractivity contribution in [1.29, 1.82) is 0 Å². The van der Waals surface area contributed by atoms with E-state index in [1.165, 1.54) is 32.1 Å². The first-order valence-electron chi connectivity index (χ1n) is 30.3. The number of phosphoric acid groups is 1. The first-order chi connectivity index (χ1) is 38.8. The number of rotatable bonds is 54. The summed E-state index contributed by atoms with van der Waals surface area (Å²) in [6, 6.07) is 0. The molecule has 0 spiro atoms. The summed E-state index contributed by atoms with van der Waals surface area (Å²) >= 11 is 0.